The molecule has 0 radical (unpaired) electrons. The molecule has 0 spiro atoms. The zero-order chi connectivity index (χ0) is 23.3. The van der Waals surface area contributed by atoms with Crippen LogP contribution in [0.25, 0.3) is 0 Å². The third-order valence-corrected chi connectivity index (χ3v) is 7.05. The first-order valence-corrected chi connectivity index (χ1v) is 11.6. The number of thioether (sulfide) groups is 1. The number of carbonyl (C=O) groups is 1. The highest BCUT2D eigenvalue weighted by molar-refractivity contribution is 8.15. The first-order valence-electron chi connectivity index (χ1n) is 10.8. The average molecular weight is 464 g/mol. The van der Waals surface area contributed by atoms with Crippen molar-refractivity contribution in [1.29, 1.82) is 0 Å². The van der Waals surface area contributed by atoms with Crippen LogP contribution in [0, 0.1) is 5.82 Å². The molecule has 170 valence electrons. The van der Waals surface area contributed by atoms with E-state index in [0.29, 0.717) is 30.0 Å². The van der Waals surface area contributed by atoms with E-state index < -0.39 is 11.0 Å². The SMILES string of the molecule is COC(C(=O)N1N=C(c2cccc(F)c2)SC1(CCCN)c1ccccc1)c1ccccc1. The van der Waals surface area contributed by atoms with Gasteiger partial charge in [0, 0.05) is 12.7 Å². The summed E-state index contributed by atoms with van der Waals surface area (Å²) in [6, 6.07) is 25.4. The van der Waals surface area contributed by atoms with Crippen molar-refractivity contribution in [2.75, 3.05) is 13.7 Å². The maximum absolute atomic E-state index is 14.0. The van der Waals surface area contributed by atoms with E-state index in [2.05, 4.69) is 0 Å². The van der Waals surface area contributed by atoms with Crippen LogP contribution in [-0.4, -0.2) is 29.6 Å². The minimum atomic E-state index is -0.830. The van der Waals surface area contributed by atoms with Crippen LogP contribution in [0.4, 0.5) is 4.39 Å². The Balaban J connectivity index is 1.84. The minimum Gasteiger partial charge on any atom is -0.367 e. The summed E-state index contributed by atoms with van der Waals surface area (Å²) in [4.78, 5) is 13.1. The minimum absolute atomic E-state index is 0.288. The first-order chi connectivity index (χ1) is 16.1. The van der Waals surface area contributed by atoms with Crippen molar-refractivity contribution < 1.29 is 13.9 Å². The Hall–Kier alpha value is -3.00. The summed E-state index contributed by atoms with van der Waals surface area (Å²) in [5.41, 5.74) is 8.17. The lowest BCUT2D eigenvalue weighted by molar-refractivity contribution is -0.146. The Labute approximate surface area is 197 Å². The second kappa shape index (κ2) is 10.3. The van der Waals surface area contributed by atoms with Crippen molar-refractivity contribution in [2.24, 2.45) is 10.8 Å². The number of hydrogen-bond acceptors (Lipinski definition) is 5. The Morgan fingerprint density at radius 1 is 1.09 bits per heavy atom. The maximum atomic E-state index is 14.0. The lowest BCUT2D eigenvalue weighted by atomic mass is 9.99. The second-order valence-electron chi connectivity index (χ2n) is 7.74. The van der Waals surface area contributed by atoms with Crippen molar-refractivity contribution in [3.63, 3.8) is 0 Å². The van der Waals surface area contributed by atoms with Gasteiger partial charge in [-0.05, 0) is 42.6 Å². The Bertz CT molecular complexity index is 1130. The van der Waals surface area contributed by atoms with E-state index >= 15 is 0 Å². The normalized spacial score (nSPS) is 18.8. The van der Waals surface area contributed by atoms with Crippen molar-refractivity contribution >= 4 is 22.7 Å². The molecule has 0 fully saturated rings. The Morgan fingerprint density at radius 3 is 2.42 bits per heavy atom. The number of hydrazone groups is 1. The number of rotatable bonds is 8. The van der Waals surface area contributed by atoms with Gasteiger partial charge in [-0.1, -0.05) is 84.6 Å². The third kappa shape index (κ3) is 4.71. The predicted molar refractivity (Wildman–Crippen MR) is 130 cm³/mol. The van der Waals surface area contributed by atoms with Gasteiger partial charge < -0.3 is 10.5 Å². The number of ether oxygens (including phenoxy) is 1. The molecular weight excluding hydrogens is 437 g/mol. The van der Waals surface area contributed by atoms with E-state index in [0.717, 1.165) is 11.1 Å². The van der Waals surface area contributed by atoms with Crippen LogP contribution in [0.5, 0.6) is 0 Å². The number of nitrogens with two attached hydrogens (primary N) is 1. The number of halogens is 1. The van der Waals surface area contributed by atoms with Crippen LogP contribution in [0.15, 0.2) is 90.0 Å². The van der Waals surface area contributed by atoms with Gasteiger partial charge in [0.1, 0.15) is 15.7 Å². The summed E-state index contributed by atoms with van der Waals surface area (Å²) in [7, 11) is 1.51. The van der Waals surface area contributed by atoms with E-state index in [1.54, 1.807) is 12.1 Å². The average Bonchev–Trinajstić information content (AvgIpc) is 3.25. The van der Waals surface area contributed by atoms with Gasteiger partial charge in [0.05, 0.1) is 0 Å². The molecule has 2 N–H and O–H groups in total. The topological polar surface area (TPSA) is 67.9 Å². The van der Waals surface area contributed by atoms with Gasteiger partial charge in [-0.2, -0.15) is 5.10 Å². The molecule has 1 heterocycles. The van der Waals surface area contributed by atoms with Crippen molar-refractivity contribution in [3.05, 3.63) is 107 Å². The van der Waals surface area contributed by atoms with Crippen LogP contribution in [-0.2, 0) is 14.4 Å². The summed E-state index contributed by atoms with van der Waals surface area (Å²) < 4.78 is 19.7. The molecule has 2 unspecified atom stereocenters. The fraction of sp³-hybridized carbons (Fsp3) is 0.231. The van der Waals surface area contributed by atoms with E-state index in [-0.39, 0.29) is 11.7 Å². The molecule has 7 heteroatoms. The molecule has 0 saturated heterocycles. The molecule has 1 amide bonds. The number of carbonyl (C=O) groups excluding carboxylic acids is 1. The number of hydrogen-bond donors (Lipinski definition) is 1. The van der Waals surface area contributed by atoms with Crippen LogP contribution in [0.3, 0.4) is 0 Å². The molecule has 4 rings (SSSR count). The summed E-state index contributed by atoms with van der Waals surface area (Å²) in [5, 5.41) is 6.85. The Kier molecular flexibility index (Phi) is 7.23. The molecule has 1 aliphatic rings. The van der Waals surface area contributed by atoms with Gasteiger partial charge in [0.2, 0.25) is 0 Å². The lowest BCUT2D eigenvalue weighted by Gasteiger charge is -2.37. The summed E-state index contributed by atoms with van der Waals surface area (Å²) in [6.07, 6.45) is 0.432. The van der Waals surface area contributed by atoms with Crippen LogP contribution < -0.4 is 5.73 Å². The van der Waals surface area contributed by atoms with Crippen LogP contribution in [0.1, 0.15) is 35.6 Å². The van der Waals surface area contributed by atoms with Gasteiger partial charge in [0.25, 0.3) is 5.91 Å². The summed E-state index contributed by atoms with van der Waals surface area (Å²) in [5.74, 6) is -0.643. The van der Waals surface area contributed by atoms with E-state index in [9.17, 15) is 9.18 Å². The molecule has 5 nitrogen and oxygen atoms in total. The molecule has 33 heavy (non-hydrogen) atoms. The van der Waals surface area contributed by atoms with E-state index in [1.807, 2.05) is 60.7 Å². The monoisotopic (exact) mass is 463 g/mol. The zero-order valence-electron chi connectivity index (χ0n) is 18.4. The van der Waals surface area contributed by atoms with Gasteiger partial charge in [-0.3, -0.25) is 4.79 Å². The molecule has 0 aliphatic carbocycles. The number of benzene rings is 3. The maximum Gasteiger partial charge on any atom is 0.278 e. The smallest absolute Gasteiger partial charge is 0.278 e. The van der Waals surface area contributed by atoms with E-state index in [4.69, 9.17) is 15.6 Å². The highest BCUT2D eigenvalue weighted by Gasteiger charge is 2.49. The second-order valence-corrected chi connectivity index (χ2v) is 9.00. The number of nitrogens with zero attached hydrogens (tertiary/aromatic N) is 2. The molecule has 0 aromatic heterocycles. The van der Waals surface area contributed by atoms with Gasteiger partial charge in [0.15, 0.2) is 6.10 Å². The molecule has 2 atom stereocenters. The molecule has 3 aromatic rings. The van der Waals surface area contributed by atoms with Gasteiger partial charge in [-0.25, -0.2) is 9.40 Å². The number of methoxy groups -OCH3 is 1. The lowest BCUT2D eigenvalue weighted by Crippen LogP contribution is -2.44. The van der Waals surface area contributed by atoms with Gasteiger partial charge in [-0.15, -0.1) is 0 Å². The molecular formula is C26H26FN3O2S. The standard InChI is InChI=1S/C26H26FN3O2S/c1-32-23(19-10-4-2-5-11-19)25(31)30-26(16-9-17-28,21-13-6-3-7-14-21)33-24(29-30)20-12-8-15-22(27)18-20/h2-8,10-15,18,23H,9,16-17,28H2,1H3. The third-order valence-electron chi connectivity index (χ3n) is 5.59. The zero-order valence-corrected chi connectivity index (χ0v) is 19.2. The highest BCUT2D eigenvalue weighted by Crippen LogP contribution is 2.51. The number of amides is 1. The quantitative estimate of drug-likeness (QED) is 0.508. The van der Waals surface area contributed by atoms with Crippen LogP contribution in [0.2, 0.25) is 0 Å². The predicted octanol–water partition coefficient (Wildman–Crippen LogP) is 5.04. The van der Waals surface area contributed by atoms with Crippen LogP contribution >= 0.6 is 11.8 Å². The summed E-state index contributed by atoms with van der Waals surface area (Å²) >= 11 is 1.45. The summed E-state index contributed by atoms with van der Waals surface area (Å²) in [6.45, 7) is 0.471. The first kappa shape index (κ1) is 23.2. The molecule has 3 aromatic carbocycles. The largest absolute Gasteiger partial charge is 0.367 e. The fourth-order valence-electron chi connectivity index (χ4n) is 4.00. The highest BCUT2D eigenvalue weighted by atomic mass is 32.2. The van der Waals surface area contributed by atoms with Crippen molar-refractivity contribution in [3.8, 4) is 0 Å². The molecule has 0 bridgehead atoms. The van der Waals surface area contributed by atoms with Gasteiger partial charge >= 0.3 is 0 Å². The van der Waals surface area contributed by atoms with Crippen molar-refractivity contribution in [1.82, 2.24) is 5.01 Å². The molecule has 1 aliphatic heterocycles. The fourth-order valence-corrected chi connectivity index (χ4v) is 5.41. The molecule has 0 saturated carbocycles. The Morgan fingerprint density at radius 2 is 1.79 bits per heavy atom. The van der Waals surface area contributed by atoms with Crippen molar-refractivity contribution in [2.45, 2.75) is 23.8 Å². The van der Waals surface area contributed by atoms with E-state index in [1.165, 1.54) is 36.0 Å².